The number of amides is 4. The number of anilines is 2. The number of aryl methyl sites for hydroxylation is 2. The van der Waals surface area contributed by atoms with Gasteiger partial charge in [0.25, 0.3) is 15.9 Å². The smallest absolute Gasteiger partial charge is 0.328 e. The van der Waals surface area contributed by atoms with Crippen LogP contribution in [-0.2, 0) is 38.5 Å². The van der Waals surface area contributed by atoms with Gasteiger partial charge in [0.15, 0.2) is 5.75 Å². The van der Waals surface area contributed by atoms with Crippen molar-refractivity contribution < 1.29 is 37.1 Å². The average Bonchev–Trinajstić information content (AvgIpc) is 3.65. The molecule has 410 valence electrons. The van der Waals surface area contributed by atoms with Crippen LogP contribution in [0, 0.1) is 23.7 Å². The number of carbonyl (C=O) groups excluding carboxylic acids is 4. The zero-order valence-electron chi connectivity index (χ0n) is 44.8. The summed E-state index contributed by atoms with van der Waals surface area (Å²) in [6, 6.07) is 24.6. The molecule has 18 heteroatoms. The minimum atomic E-state index is -4.27. The molecule has 6 heterocycles. The van der Waals surface area contributed by atoms with Crippen LogP contribution >= 0.6 is 0 Å². The number of imide groups is 1. The molecule has 5 aromatic rings. The zero-order valence-corrected chi connectivity index (χ0v) is 45.6. The highest BCUT2D eigenvalue weighted by Gasteiger charge is 2.35. The van der Waals surface area contributed by atoms with Gasteiger partial charge in [0.2, 0.25) is 17.7 Å². The molecular weight excluding hydrogens is 997 g/mol. The third kappa shape index (κ3) is 12.4. The summed E-state index contributed by atoms with van der Waals surface area (Å²) in [6.45, 7) is 10.5. The number of piperidine rings is 5. The Hall–Kier alpha value is -6.66. The molecule has 5 aliphatic heterocycles. The van der Waals surface area contributed by atoms with E-state index >= 15 is 0 Å². The number of aromatic nitrogens is 2. The molecule has 0 radical (unpaired) electrons. The van der Waals surface area contributed by atoms with Gasteiger partial charge in [-0.2, -0.15) is 0 Å². The van der Waals surface area contributed by atoms with Crippen LogP contribution in [0.25, 0.3) is 11.0 Å². The van der Waals surface area contributed by atoms with Crippen LogP contribution in [0.5, 0.6) is 17.2 Å². The predicted octanol–water partition coefficient (Wildman–Crippen LogP) is 7.89. The second kappa shape index (κ2) is 23.5. The fraction of sp³-hybridized carbons (Fsp3) is 0.508. The number of rotatable bonds is 16. The number of hydrogen-bond acceptors (Lipinski definition) is 11. The van der Waals surface area contributed by atoms with E-state index in [0.717, 1.165) is 70.0 Å². The van der Waals surface area contributed by atoms with Crippen LogP contribution in [0.3, 0.4) is 0 Å². The van der Waals surface area contributed by atoms with Crippen molar-refractivity contribution in [2.75, 3.05) is 75.1 Å². The first kappa shape index (κ1) is 53.7. The molecule has 2 N–H and O–H groups in total. The lowest BCUT2D eigenvalue weighted by Crippen LogP contribution is -2.47. The molecule has 5 fully saturated rings. The Kier molecular flexibility index (Phi) is 16.4. The Balaban J connectivity index is 0.656. The number of imidazole rings is 1. The monoisotopic (exact) mass is 1070 g/mol. The Morgan fingerprint density at radius 3 is 2.01 bits per heavy atom. The lowest BCUT2D eigenvalue weighted by Gasteiger charge is -2.40. The normalized spacial score (nSPS) is 19.9. The lowest BCUT2D eigenvalue weighted by atomic mass is 9.82. The number of nitrogens with zero attached hydrogens (tertiary/aromatic N) is 6. The van der Waals surface area contributed by atoms with Crippen LogP contribution in [0.1, 0.15) is 106 Å². The first-order valence-corrected chi connectivity index (χ1v) is 29.4. The summed E-state index contributed by atoms with van der Waals surface area (Å²) in [5.74, 6) is 2.39. The van der Waals surface area contributed by atoms with Crippen molar-refractivity contribution in [3.05, 3.63) is 107 Å². The summed E-state index contributed by atoms with van der Waals surface area (Å²) < 4.78 is 45.9. The molecule has 5 saturated heterocycles. The molecule has 5 aliphatic rings. The van der Waals surface area contributed by atoms with E-state index < -0.39 is 10.0 Å². The van der Waals surface area contributed by atoms with E-state index in [1.807, 2.05) is 13.0 Å². The van der Waals surface area contributed by atoms with Crippen LogP contribution in [0.15, 0.2) is 94.6 Å². The molecule has 0 spiro atoms. The van der Waals surface area contributed by atoms with Crippen LogP contribution < -0.4 is 30.1 Å². The van der Waals surface area contributed by atoms with Crippen molar-refractivity contribution in [2.24, 2.45) is 37.8 Å². The highest BCUT2D eigenvalue weighted by molar-refractivity contribution is 7.92. The molecule has 1 unspecified atom stereocenters. The number of nitrogens with one attached hydrogen (secondary N) is 2. The van der Waals surface area contributed by atoms with E-state index in [4.69, 9.17) is 9.47 Å². The Labute approximate surface area is 451 Å². The van der Waals surface area contributed by atoms with Crippen LogP contribution in [0.4, 0.5) is 11.4 Å². The Bertz CT molecular complexity index is 3120. The third-order valence-corrected chi connectivity index (χ3v) is 18.3. The molecule has 4 aromatic carbocycles. The number of fused-ring (bicyclic) bond motifs is 1. The molecule has 17 nitrogen and oxygen atoms in total. The largest absolute Gasteiger partial charge is 0.493 e. The van der Waals surface area contributed by atoms with Gasteiger partial charge in [-0.25, -0.2) is 13.2 Å². The van der Waals surface area contributed by atoms with Gasteiger partial charge in [-0.1, -0.05) is 31.2 Å². The summed E-state index contributed by atoms with van der Waals surface area (Å²) in [5.41, 5.74) is 3.29. The Morgan fingerprint density at radius 2 is 1.32 bits per heavy atom. The fourth-order valence-corrected chi connectivity index (χ4v) is 13.5. The highest BCUT2D eigenvalue weighted by Crippen LogP contribution is 2.38. The second-order valence-corrected chi connectivity index (χ2v) is 23.8. The van der Waals surface area contributed by atoms with Crippen molar-refractivity contribution in [3.8, 4) is 17.2 Å². The summed E-state index contributed by atoms with van der Waals surface area (Å²) in [5, 5.41) is 2.47. The van der Waals surface area contributed by atoms with Crippen molar-refractivity contribution in [1.29, 1.82) is 0 Å². The number of benzene rings is 4. The predicted molar refractivity (Wildman–Crippen MR) is 296 cm³/mol. The number of ether oxygens (including phenoxy) is 2. The number of carbonyl (C=O) groups is 4. The van der Waals surface area contributed by atoms with Gasteiger partial charge >= 0.3 is 5.69 Å². The summed E-state index contributed by atoms with van der Waals surface area (Å²) in [6.07, 6.45) is 11.0. The lowest BCUT2D eigenvalue weighted by molar-refractivity contribution is -0.138. The second-order valence-electron chi connectivity index (χ2n) is 22.1. The molecule has 4 amide bonds. The first-order chi connectivity index (χ1) is 37.2. The van der Waals surface area contributed by atoms with E-state index in [1.165, 1.54) is 65.6 Å². The molecule has 10 rings (SSSR count). The summed E-state index contributed by atoms with van der Waals surface area (Å²) in [7, 11) is -1.01. The standard InChI is InChI=1S/C59H74N8O9S/c1-4-33-75-47-8-6-9-48(36-47)76-54-38-53-52(62(2)59(72)63(53)3)37-51(54)61-77(73,74)49-10-5-7-45(35-49)58(71)67-31-23-44(24-32-67)57(70)66-29-19-41(20-30-66)34-40-17-25-64(26-18-40)39-42-21-27-65(28-22-42)46-13-11-43(12-14-46)50-15-16-55(68)60-56(50)69/h5-14,35-38,40-42,44,50,61H,4,15-34,39H2,1-3H3,(H,60,68,69). The quantitative estimate of drug-likeness (QED) is 0.0917. The van der Waals surface area contributed by atoms with Gasteiger partial charge in [-0.05, 0) is 156 Å². The summed E-state index contributed by atoms with van der Waals surface area (Å²) >= 11 is 0. The first-order valence-electron chi connectivity index (χ1n) is 27.9. The van der Waals surface area contributed by atoms with E-state index in [9.17, 15) is 32.4 Å². The van der Waals surface area contributed by atoms with Crippen molar-refractivity contribution >= 4 is 56.1 Å². The SMILES string of the molecule is CCCOc1cccc(Oc2cc3c(cc2NS(=O)(=O)c2cccc(C(=O)N4CCC(C(=O)N5CCC(CC6CCN(CC7CCN(c8ccc(C9CCC(=O)NC9=O)cc8)CC7)CC6)CC5)CC4)c2)n(C)c(=O)n3C)c1. The molecule has 77 heavy (non-hydrogen) atoms. The number of sulfonamides is 1. The number of likely N-dealkylation sites (tertiary alicyclic amines) is 3. The minimum Gasteiger partial charge on any atom is -0.493 e. The van der Waals surface area contributed by atoms with Gasteiger partial charge in [0.1, 0.15) is 11.5 Å². The van der Waals surface area contributed by atoms with Gasteiger partial charge in [0, 0.05) is 95.6 Å². The van der Waals surface area contributed by atoms with Gasteiger partial charge < -0.3 is 29.1 Å². The van der Waals surface area contributed by atoms with Crippen LogP contribution in [-0.4, -0.2) is 121 Å². The topological polar surface area (TPSA) is 185 Å². The van der Waals surface area contributed by atoms with E-state index in [0.29, 0.717) is 79.7 Å². The van der Waals surface area contributed by atoms with Crippen molar-refractivity contribution in [3.63, 3.8) is 0 Å². The van der Waals surface area contributed by atoms with Crippen LogP contribution in [0.2, 0.25) is 0 Å². The molecule has 0 bridgehead atoms. The van der Waals surface area contributed by atoms with E-state index in [1.54, 1.807) is 61.5 Å². The maximum absolute atomic E-state index is 14.1. The van der Waals surface area contributed by atoms with E-state index in [-0.39, 0.29) is 63.1 Å². The molecule has 0 aliphatic carbocycles. The van der Waals surface area contributed by atoms with Gasteiger partial charge in [0.05, 0.1) is 34.1 Å². The fourth-order valence-electron chi connectivity index (χ4n) is 12.4. The zero-order chi connectivity index (χ0) is 53.8. The molecule has 0 saturated carbocycles. The molecule has 1 aromatic heterocycles. The van der Waals surface area contributed by atoms with E-state index in [2.05, 4.69) is 49.0 Å². The molecule has 1 atom stereocenters. The maximum atomic E-state index is 14.1. The molecular formula is C59H74N8O9S. The number of hydrogen-bond donors (Lipinski definition) is 2. The maximum Gasteiger partial charge on any atom is 0.328 e. The summed E-state index contributed by atoms with van der Waals surface area (Å²) in [4.78, 5) is 73.4. The Morgan fingerprint density at radius 1 is 0.688 bits per heavy atom. The van der Waals surface area contributed by atoms with Crippen molar-refractivity contribution in [2.45, 2.75) is 94.8 Å². The van der Waals surface area contributed by atoms with Gasteiger partial charge in [-0.15, -0.1) is 0 Å². The highest BCUT2D eigenvalue weighted by atomic mass is 32.2. The van der Waals surface area contributed by atoms with Gasteiger partial charge in [-0.3, -0.25) is 38.4 Å². The minimum absolute atomic E-state index is 0.107. The third-order valence-electron chi connectivity index (χ3n) is 17.0. The average molecular weight is 1070 g/mol. The van der Waals surface area contributed by atoms with Crippen molar-refractivity contribution in [1.82, 2.24) is 29.2 Å².